The molecule has 1 saturated heterocycles. The lowest BCUT2D eigenvalue weighted by Gasteiger charge is -2.34. The molecule has 20 heavy (non-hydrogen) atoms. The van der Waals surface area contributed by atoms with E-state index in [9.17, 15) is 9.18 Å². The Hall–Kier alpha value is -1.53. The molecule has 1 fully saturated rings. The van der Waals surface area contributed by atoms with Gasteiger partial charge in [-0.15, -0.1) is 0 Å². The molecule has 0 aromatic heterocycles. The van der Waals surface area contributed by atoms with Crippen LogP contribution >= 0.6 is 12.2 Å². The minimum absolute atomic E-state index is 0.123. The Morgan fingerprint density at radius 1 is 1.30 bits per heavy atom. The number of nitrogens with zero attached hydrogens (tertiary/aromatic N) is 2. The molecule has 0 atom stereocenters. The first kappa shape index (κ1) is 14.9. The average Bonchev–Trinajstić information content (AvgIpc) is 2.37. The fourth-order valence-corrected chi connectivity index (χ4v) is 2.55. The van der Waals surface area contributed by atoms with Crippen molar-refractivity contribution in [1.29, 1.82) is 0 Å². The average molecular weight is 295 g/mol. The summed E-state index contributed by atoms with van der Waals surface area (Å²) in [5, 5.41) is 0. The lowest BCUT2D eigenvalue weighted by Crippen LogP contribution is -2.50. The molecule has 0 unspecified atom stereocenters. The highest BCUT2D eigenvalue weighted by Gasteiger charge is 2.22. The SMILES string of the molecule is Cc1cc(F)cc(C(=O)N2CCN(CC(N)=S)CC2)c1. The predicted octanol–water partition coefficient (Wildman–Crippen LogP) is 1.18. The number of carbonyl (C=O) groups excluding carboxylic acids is 1. The van der Waals surface area contributed by atoms with Crippen LogP contribution in [0.25, 0.3) is 0 Å². The van der Waals surface area contributed by atoms with Crippen LogP contribution in [-0.4, -0.2) is 53.4 Å². The monoisotopic (exact) mass is 295 g/mol. The van der Waals surface area contributed by atoms with Crippen molar-refractivity contribution < 1.29 is 9.18 Å². The van der Waals surface area contributed by atoms with E-state index in [0.29, 0.717) is 30.2 Å². The third kappa shape index (κ3) is 3.74. The lowest BCUT2D eigenvalue weighted by atomic mass is 10.1. The molecular formula is C14H18FN3OS. The normalized spacial score (nSPS) is 16.2. The van der Waals surface area contributed by atoms with Crippen molar-refractivity contribution in [2.24, 2.45) is 5.73 Å². The maximum atomic E-state index is 13.4. The third-order valence-corrected chi connectivity index (χ3v) is 3.46. The largest absolute Gasteiger partial charge is 0.392 e. The van der Waals surface area contributed by atoms with Gasteiger partial charge in [0.2, 0.25) is 0 Å². The number of hydrogen-bond donors (Lipinski definition) is 1. The van der Waals surface area contributed by atoms with Crippen LogP contribution < -0.4 is 5.73 Å². The summed E-state index contributed by atoms with van der Waals surface area (Å²) >= 11 is 4.88. The Bertz CT molecular complexity index is 507. The van der Waals surface area contributed by atoms with E-state index < -0.39 is 0 Å². The molecule has 1 aromatic carbocycles. The zero-order valence-corrected chi connectivity index (χ0v) is 12.3. The molecule has 0 bridgehead atoms. The van der Waals surface area contributed by atoms with Crippen molar-refractivity contribution in [3.8, 4) is 0 Å². The summed E-state index contributed by atoms with van der Waals surface area (Å²) in [4.78, 5) is 16.6. The Morgan fingerprint density at radius 3 is 2.50 bits per heavy atom. The number of hydrogen-bond acceptors (Lipinski definition) is 3. The number of benzene rings is 1. The Balaban J connectivity index is 1.99. The number of halogens is 1. The molecule has 0 spiro atoms. The highest BCUT2D eigenvalue weighted by Crippen LogP contribution is 2.13. The van der Waals surface area contributed by atoms with Gasteiger partial charge in [-0.25, -0.2) is 4.39 Å². The fourth-order valence-electron chi connectivity index (χ4n) is 2.37. The van der Waals surface area contributed by atoms with Crippen molar-refractivity contribution in [3.05, 3.63) is 35.1 Å². The number of thiocarbonyl (C=S) groups is 1. The van der Waals surface area contributed by atoms with Gasteiger partial charge in [0.15, 0.2) is 0 Å². The topological polar surface area (TPSA) is 49.6 Å². The van der Waals surface area contributed by atoms with Crippen LogP contribution in [-0.2, 0) is 0 Å². The number of rotatable bonds is 3. The minimum Gasteiger partial charge on any atom is -0.392 e. The molecule has 108 valence electrons. The van der Waals surface area contributed by atoms with Gasteiger partial charge in [-0.2, -0.15) is 0 Å². The van der Waals surface area contributed by atoms with Crippen LogP contribution in [0.15, 0.2) is 18.2 Å². The van der Waals surface area contributed by atoms with Crippen molar-refractivity contribution in [1.82, 2.24) is 9.80 Å². The van der Waals surface area contributed by atoms with E-state index in [1.165, 1.54) is 12.1 Å². The van der Waals surface area contributed by atoms with E-state index in [-0.39, 0.29) is 11.7 Å². The van der Waals surface area contributed by atoms with E-state index in [4.69, 9.17) is 18.0 Å². The molecule has 0 saturated carbocycles. The second kappa shape index (κ2) is 6.28. The van der Waals surface area contributed by atoms with Gasteiger partial charge >= 0.3 is 0 Å². The van der Waals surface area contributed by atoms with Gasteiger partial charge in [0.1, 0.15) is 5.82 Å². The molecule has 1 amide bonds. The summed E-state index contributed by atoms with van der Waals surface area (Å²) in [7, 11) is 0. The van der Waals surface area contributed by atoms with E-state index >= 15 is 0 Å². The van der Waals surface area contributed by atoms with Gasteiger partial charge in [-0.3, -0.25) is 9.69 Å². The molecule has 1 aliphatic heterocycles. The summed E-state index contributed by atoms with van der Waals surface area (Å²) in [6.45, 7) is 5.04. The van der Waals surface area contributed by atoms with Crippen molar-refractivity contribution in [2.45, 2.75) is 6.92 Å². The number of nitrogens with two attached hydrogens (primary N) is 1. The molecule has 4 nitrogen and oxygen atoms in total. The third-order valence-electron chi connectivity index (χ3n) is 3.33. The van der Waals surface area contributed by atoms with Gasteiger partial charge in [-0.1, -0.05) is 12.2 Å². The number of piperazine rings is 1. The molecule has 0 radical (unpaired) electrons. The molecule has 1 aliphatic rings. The van der Waals surface area contributed by atoms with Gasteiger partial charge in [0.05, 0.1) is 4.99 Å². The summed E-state index contributed by atoms with van der Waals surface area (Å²) in [5.74, 6) is -0.497. The van der Waals surface area contributed by atoms with E-state index in [1.807, 2.05) is 0 Å². The smallest absolute Gasteiger partial charge is 0.254 e. The van der Waals surface area contributed by atoms with Crippen LogP contribution in [0.3, 0.4) is 0 Å². The fraction of sp³-hybridized carbons (Fsp3) is 0.429. The van der Waals surface area contributed by atoms with E-state index in [1.54, 1.807) is 17.9 Å². The minimum atomic E-state index is -0.375. The molecule has 1 aromatic rings. The molecule has 6 heteroatoms. The Kier molecular flexibility index (Phi) is 4.67. The zero-order chi connectivity index (χ0) is 14.7. The van der Waals surface area contributed by atoms with Crippen LogP contribution in [0.1, 0.15) is 15.9 Å². The molecule has 2 N–H and O–H groups in total. The lowest BCUT2D eigenvalue weighted by molar-refractivity contribution is 0.0654. The Labute approximate surface area is 123 Å². The second-order valence-corrected chi connectivity index (χ2v) is 5.58. The highest BCUT2D eigenvalue weighted by atomic mass is 32.1. The van der Waals surface area contributed by atoms with Gasteiger partial charge in [0, 0.05) is 38.3 Å². The van der Waals surface area contributed by atoms with Gasteiger partial charge in [-0.05, 0) is 30.7 Å². The van der Waals surface area contributed by atoms with Crippen LogP contribution in [0.2, 0.25) is 0 Å². The number of aryl methyl sites for hydroxylation is 1. The summed E-state index contributed by atoms with van der Waals surface area (Å²) in [6, 6.07) is 4.42. The van der Waals surface area contributed by atoms with Crippen LogP contribution in [0, 0.1) is 12.7 Å². The Morgan fingerprint density at radius 2 is 1.95 bits per heavy atom. The molecular weight excluding hydrogens is 277 g/mol. The van der Waals surface area contributed by atoms with Crippen LogP contribution in [0.4, 0.5) is 4.39 Å². The van der Waals surface area contributed by atoms with Gasteiger partial charge in [0.25, 0.3) is 5.91 Å². The highest BCUT2D eigenvalue weighted by molar-refractivity contribution is 7.80. The first-order valence-electron chi connectivity index (χ1n) is 6.53. The molecule has 2 rings (SSSR count). The quantitative estimate of drug-likeness (QED) is 0.851. The van der Waals surface area contributed by atoms with Crippen molar-refractivity contribution in [2.75, 3.05) is 32.7 Å². The first-order chi connectivity index (χ1) is 9.45. The van der Waals surface area contributed by atoms with E-state index in [2.05, 4.69) is 4.90 Å². The molecule has 1 heterocycles. The maximum absolute atomic E-state index is 13.4. The standard InChI is InChI=1S/C14H18FN3OS/c1-10-6-11(8-12(15)7-10)14(19)18-4-2-17(3-5-18)9-13(16)20/h6-8H,2-5,9H2,1H3,(H2,16,20). The second-order valence-electron chi connectivity index (χ2n) is 5.05. The van der Waals surface area contributed by atoms with Crippen LogP contribution in [0.5, 0.6) is 0 Å². The molecule has 0 aliphatic carbocycles. The first-order valence-corrected chi connectivity index (χ1v) is 6.93. The summed E-state index contributed by atoms with van der Waals surface area (Å²) in [6.07, 6.45) is 0. The van der Waals surface area contributed by atoms with E-state index in [0.717, 1.165) is 18.7 Å². The maximum Gasteiger partial charge on any atom is 0.254 e. The predicted molar refractivity (Wildman–Crippen MR) is 80.3 cm³/mol. The number of carbonyl (C=O) groups is 1. The van der Waals surface area contributed by atoms with Crippen molar-refractivity contribution >= 4 is 23.1 Å². The van der Waals surface area contributed by atoms with Gasteiger partial charge < -0.3 is 10.6 Å². The summed E-state index contributed by atoms with van der Waals surface area (Å²) < 4.78 is 13.4. The zero-order valence-electron chi connectivity index (χ0n) is 11.4. The summed E-state index contributed by atoms with van der Waals surface area (Å²) in [5.41, 5.74) is 6.67. The number of amides is 1. The van der Waals surface area contributed by atoms with Crippen molar-refractivity contribution in [3.63, 3.8) is 0 Å².